The number of benzene rings is 1. The summed E-state index contributed by atoms with van der Waals surface area (Å²) in [4.78, 5) is 19.1. The number of aromatic nitrogens is 1. The van der Waals surface area contributed by atoms with Gasteiger partial charge in [-0.3, -0.25) is 9.78 Å². The molecule has 0 spiro atoms. The Kier molecular flexibility index (Phi) is 5.88. The van der Waals surface area contributed by atoms with Crippen LogP contribution in [0, 0.1) is 5.82 Å². The van der Waals surface area contributed by atoms with Crippen LogP contribution in [0.2, 0.25) is 0 Å². The monoisotopic (exact) mass is 431 g/mol. The standard InChI is InChI=1S/C22H26FN3O3S/c1-16(20-7-3-4-12-24-20)26(18-9-10-18)22(27)17-8-11-19(23)21(15-17)30(28,29)25-13-5-2-6-14-25/h3-4,7-8,11-12,15-16,18H,2,5-6,9-10,13-14H2,1H3. The highest BCUT2D eigenvalue weighted by atomic mass is 32.2. The maximum atomic E-state index is 14.5. The Morgan fingerprint density at radius 3 is 2.53 bits per heavy atom. The molecule has 1 aliphatic heterocycles. The highest BCUT2D eigenvalue weighted by Gasteiger charge is 2.38. The summed E-state index contributed by atoms with van der Waals surface area (Å²) in [6.07, 6.45) is 5.95. The van der Waals surface area contributed by atoms with E-state index < -0.39 is 20.7 Å². The molecule has 160 valence electrons. The van der Waals surface area contributed by atoms with Crippen LogP contribution in [0.25, 0.3) is 0 Å². The summed E-state index contributed by atoms with van der Waals surface area (Å²) in [6.45, 7) is 2.67. The third kappa shape index (κ3) is 4.11. The zero-order valence-electron chi connectivity index (χ0n) is 17.0. The molecule has 4 rings (SSSR count). The van der Waals surface area contributed by atoms with Crippen molar-refractivity contribution in [1.82, 2.24) is 14.2 Å². The minimum atomic E-state index is -3.98. The van der Waals surface area contributed by atoms with Crippen LogP contribution in [0.3, 0.4) is 0 Å². The number of halogens is 1. The topological polar surface area (TPSA) is 70.6 Å². The number of sulfonamides is 1. The largest absolute Gasteiger partial charge is 0.327 e. The maximum Gasteiger partial charge on any atom is 0.254 e. The Bertz CT molecular complexity index is 1020. The number of hydrogen-bond donors (Lipinski definition) is 0. The van der Waals surface area contributed by atoms with Crippen LogP contribution < -0.4 is 0 Å². The first kappa shape index (κ1) is 20.9. The number of rotatable bonds is 6. The lowest BCUT2D eigenvalue weighted by atomic mass is 10.1. The second kappa shape index (κ2) is 8.43. The molecule has 2 aromatic rings. The van der Waals surface area contributed by atoms with Gasteiger partial charge in [0.1, 0.15) is 10.7 Å². The molecule has 1 aromatic carbocycles. The summed E-state index contributed by atoms with van der Waals surface area (Å²) in [5.41, 5.74) is 0.947. The van der Waals surface area contributed by atoms with Crippen LogP contribution >= 0.6 is 0 Å². The van der Waals surface area contributed by atoms with Crippen LogP contribution in [0.4, 0.5) is 4.39 Å². The molecule has 1 atom stereocenters. The summed E-state index contributed by atoms with van der Waals surface area (Å²) in [7, 11) is -3.98. The van der Waals surface area contributed by atoms with Crippen molar-refractivity contribution in [2.24, 2.45) is 0 Å². The lowest BCUT2D eigenvalue weighted by Gasteiger charge is -2.30. The van der Waals surface area contributed by atoms with Crippen molar-refractivity contribution in [2.45, 2.75) is 56.0 Å². The van der Waals surface area contributed by atoms with Crippen molar-refractivity contribution in [2.75, 3.05) is 13.1 Å². The van der Waals surface area contributed by atoms with Gasteiger partial charge in [-0.2, -0.15) is 4.31 Å². The lowest BCUT2D eigenvalue weighted by Crippen LogP contribution is -2.37. The summed E-state index contributed by atoms with van der Waals surface area (Å²) < 4.78 is 41.9. The first-order valence-corrected chi connectivity index (χ1v) is 11.9. The highest BCUT2D eigenvalue weighted by Crippen LogP contribution is 2.35. The number of amides is 1. The van der Waals surface area contributed by atoms with Crippen molar-refractivity contribution in [3.63, 3.8) is 0 Å². The SMILES string of the molecule is CC(c1ccccn1)N(C(=O)c1ccc(F)c(S(=O)(=O)N2CCCCC2)c1)C1CC1. The Morgan fingerprint density at radius 2 is 1.90 bits per heavy atom. The van der Waals surface area contributed by atoms with E-state index >= 15 is 0 Å². The van der Waals surface area contributed by atoms with Crippen molar-refractivity contribution >= 4 is 15.9 Å². The molecule has 0 bridgehead atoms. The van der Waals surface area contributed by atoms with Crippen LogP contribution in [0.1, 0.15) is 61.1 Å². The minimum absolute atomic E-state index is 0.0849. The first-order valence-electron chi connectivity index (χ1n) is 10.4. The average molecular weight is 432 g/mol. The van der Waals surface area contributed by atoms with Gasteiger partial charge in [0.05, 0.1) is 11.7 Å². The van der Waals surface area contributed by atoms with Crippen molar-refractivity contribution in [3.05, 3.63) is 59.7 Å². The van der Waals surface area contributed by atoms with E-state index in [1.54, 1.807) is 11.1 Å². The molecule has 6 nitrogen and oxygen atoms in total. The number of carbonyl (C=O) groups excluding carboxylic acids is 1. The second-order valence-corrected chi connectivity index (χ2v) is 9.89. The summed E-state index contributed by atoms with van der Waals surface area (Å²) in [6, 6.07) is 9.02. The minimum Gasteiger partial charge on any atom is -0.327 e. The molecule has 1 saturated heterocycles. The summed E-state index contributed by atoms with van der Waals surface area (Å²) in [5, 5.41) is 0. The van der Waals surface area contributed by atoms with Gasteiger partial charge in [0.25, 0.3) is 5.91 Å². The number of nitrogens with zero attached hydrogens (tertiary/aromatic N) is 3. The molecule has 1 unspecified atom stereocenters. The number of pyridine rings is 1. The normalized spacial score (nSPS) is 18.7. The molecule has 8 heteroatoms. The maximum absolute atomic E-state index is 14.5. The molecule has 1 amide bonds. The zero-order valence-corrected chi connectivity index (χ0v) is 17.8. The van der Waals surface area contributed by atoms with Gasteiger partial charge in [0.2, 0.25) is 10.0 Å². The van der Waals surface area contributed by atoms with Gasteiger partial charge in [-0.25, -0.2) is 12.8 Å². The van der Waals surface area contributed by atoms with Gasteiger partial charge < -0.3 is 4.90 Å². The van der Waals surface area contributed by atoms with Crippen molar-refractivity contribution in [3.8, 4) is 0 Å². The summed E-state index contributed by atoms with van der Waals surface area (Å²) in [5.74, 6) is -1.13. The van der Waals surface area contributed by atoms with Crippen LogP contribution in [0.5, 0.6) is 0 Å². The molecule has 2 aliphatic rings. The lowest BCUT2D eigenvalue weighted by molar-refractivity contribution is 0.0670. The third-order valence-electron chi connectivity index (χ3n) is 5.82. The fraction of sp³-hybridized carbons (Fsp3) is 0.455. The second-order valence-electron chi connectivity index (χ2n) is 7.98. The predicted octanol–water partition coefficient (Wildman–Crippen LogP) is 3.76. The van der Waals surface area contributed by atoms with Crippen LogP contribution in [0.15, 0.2) is 47.5 Å². The fourth-order valence-electron chi connectivity index (χ4n) is 4.00. The first-order chi connectivity index (χ1) is 14.4. The molecular formula is C22H26FN3O3S. The van der Waals surface area contributed by atoms with E-state index in [2.05, 4.69) is 4.98 Å². The van der Waals surface area contributed by atoms with Gasteiger partial charge in [0.15, 0.2) is 0 Å². The average Bonchev–Trinajstić information content (AvgIpc) is 3.60. The van der Waals surface area contributed by atoms with E-state index in [0.717, 1.165) is 43.9 Å². The molecule has 2 heterocycles. The smallest absolute Gasteiger partial charge is 0.254 e. The van der Waals surface area contributed by atoms with Gasteiger partial charge in [-0.05, 0) is 62.9 Å². The van der Waals surface area contributed by atoms with E-state index in [-0.39, 0.29) is 23.6 Å². The molecule has 0 N–H and O–H groups in total. The molecule has 1 saturated carbocycles. The Balaban J connectivity index is 1.66. The van der Waals surface area contributed by atoms with Gasteiger partial charge in [-0.1, -0.05) is 12.5 Å². The third-order valence-corrected chi connectivity index (χ3v) is 7.73. The van der Waals surface area contributed by atoms with Crippen LogP contribution in [-0.4, -0.2) is 47.6 Å². The van der Waals surface area contributed by atoms with Crippen LogP contribution in [-0.2, 0) is 10.0 Å². The van der Waals surface area contributed by atoms with Gasteiger partial charge >= 0.3 is 0 Å². The van der Waals surface area contributed by atoms with Gasteiger partial charge in [-0.15, -0.1) is 0 Å². The van der Waals surface area contributed by atoms with E-state index in [4.69, 9.17) is 0 Å². The number of piperidine rings is 1. The van der Waals surface area contributed by atoms with Crippen molar-refractivity contribution < 1.29 is 17.6 Å². The Morgan fingerprint density at radius 1 is 1.17 bits per heavy atom. The number of hydrogen-bond acceptors (Lipinski definition) is 4. The number of carbonyl (C=O) groups is 1. The molecule has 2 fully saturated rings. The summed E-state index contributed by atoms with van der Waals surface area (Å²) >= 11 is 0. The van der Waals surface area contributed by atoms with E-state index in [1.165, 1.54) is 16.4 Å². The zero-order chi connectivity index (χ0) is 21.3. The van der Waals surface area contributed by atoms with Crippen molar-refractivity contribution in [1.29, 1.82) is 0 Å². The molecule has 0 radical (unpaired) electrons. The van der Waals surface area contributed by atoms with E-state index in [1.807, 2.05) is 25.1 Å². The van der Waals surface area contributed by atoms with E-state index in [0.29, 0.717) is 13.1 Å². The molecule has 1 aliphatic carbocycles. The Hall–Kier alpha value is -2.32. The highest BCUT2D eigenvalue weighted by molar-refractivity contribution is 7.89. The molecular weight excluding hydrogens is 405 g/mol. The molecule has 1 aromatic heterocycles. The van der Waals surface area contributed by atoms with E-state index in [9.17, 15) is 17.6 Å². The Labute approximate surface area is 176 Å². The molecule has 30 heavy (non-hydrogen) atoms. The predicted molar refractivity (Wildman–Crippen MR) is 111 cm³/mol. The van der Waals surface area contributed by atoms with Gasteiger partial charge in [0, 0.05) is 30.9 Å². The quantitative estimate of drug-likeness (QED) is 0.698. The fourth-order valence-corrected chi connectivity index (χ4v) is 5.61.